The van der Waals surface area contributed by atoms with Crippen molar-refractivity contribution in [2.24, 2.45) is 0 Å². The molecule has 0 aliphatic carbocycles. The molecule has 148 valence electrons. The Balaban J connectivity index is 1.46. The van der Waals surface area contributed by atoms with E-state index in [1.54, 1.807) is 12.1 Å². The van der Waals surface area contributed by atoms with Gasteiger partial charge in [-0.25, -0.2) is 4.98 Å². The van der Waals surface area contributed by atoms with Crippen LogP contribution in [0.1, 0.15) is 5.82 Å². The third-order valence-electron chi connectivity index (χ3n) is 4.67. The Hall–Kier alpha value is -3.65. The fourth-order valence-corrected chi connectivity index (χ4v) is 4.12. The first-order valence-electron chi connectivity index (χ1n) is 9.37. The van der Waals surface area contributed by atoms with Crippen LogP contribution in [0, 0.1) is 0 Å². The van der Waals surface area contributed by atoms with Crippen LogP contribution in [0.5, 0.6) is 0 Å². The van der Waals surface area contributed by atoms with E-state index < -0.39 is 0 Å². The van der Waals surface area contributed by atoms with Gasteiger partial charge in [-0.15, -0.1) is 16.8 Å². The number of hydrogen-bond acceptors (Lipinski definition) is 6. The van der Waals surface area contributed by atoms with Crippen molar-refractivity contribution in [1.82, 2.24) is 24.7 Å². The minimum Gasteiger partial charge on any atom is -0.453 e. The molecule has 0 fully saturated rings. The fraction of sp³-hybridized carbons (Fsp3) is 0.0909. The lowest BCUT2D eigenvalue weighted by atomic mass is 10.2. The van der Waals surface area contributed by atoms with Gasteiger partial charge in [0.1, 0.15) is 11.4 Å². The Morgan fingerprint density at radius 2 is 1.97 bits per heavy atom. The highest BCUT2D eigenvalue weighted by molar-refractivity contribution is 7.98. The second-order valence-electron chi connectivity index (χ2n) is 6.67. The molecule has 3 aromatic heterocycles. The molecule has 0 radical (unpaired) electrons. The van der Waals surface area contributed by atoms with Crippen molar-refractivity contribution in [2.45, 2.75) is 17.5 Å². The average molecular weight is 415 g/mol. The Morgan fingerprint density at radius 1 is 1.13 bits per heavy atom. The molecule has 5 aromatic rings. The molecule has 0 aliphatic heterocycles. The second-order valence-corrected chi connectivity index (χ2v) is 7.61. The van der Waals surface area contributed by atoms with Crippen molar-refractivity contribution >= 4 is 33.6 Å². The largest absolute Gasteiger partial charge is 0.453 e. The van der Waals surface area contributed by atoms with E-state index >= 15 is 0 Å². The molecule has 0 aliphatic rings. The number of nitrogens with one attached hydrogen (secondary N) is 1. The predicted octanol–water partition coefficient (Wildman–Crippen LogP) is 4.41. The van der Waals surface area contributed by atoms with Crippen LogP contribution in [0.25, 0.3) is 33.5 Å². The van der Waals surface area contributed by atoms with Crippen LogP contribution in [0.2, 0.25) is 0 Å². The summed E-state index contributed by atoms with van der Waals surface area (Å²) in [4.78, 5) is 19.7. The molecule has 1 N–H and O–H groups in total. The number of allylic oxidation sites excluding steroid dienone is 1. The van der Waals surface area contributed by atoms with Crippen molar-refractivity contribution in [1.29, 1.82) is 0 Å². The lowest BCUT2D eigenvalue weighted by Gasteiger charge is -2.06. The quantitative estimate of drug-likeness (QED) is 0.326. The molecule has 3 heterocycles. The number of fused-ring (bicyclic) bond motifs is 2. The summed E-state index contributed by atoms with van der Waals surface area (Å²) in [6.45, 7) is 4.37. The normalized spacial score (nSPS) is 11.3. The van der Waals surface area contributed by atoms with Gasteiger partial charge in [-0.2, -0.15) is 0 Å². The van der Waals surface area contributed by atoms with E-state index in [4.69, 9.17) is 4.42 Å². The minimum absolute atomic E-state index is 0.147. The summed E-state index contributed by atoms with van der Waals surface area (Å²) in [6.07, 6.45) is 1.79. The highest BCUT2D eigenvalue weighted by Gasteiger charge is 2.17. The lowest BCUT2D eigenvalue weighted by molar-refractivity contribution is 0.613. The highest BCUT2D eigenvalue weighted by Crippen LogP contribution is 2.30. The third kappa shape index (κ3) is 3.31. The summed E-state index contributed by atoms with van der Waals surface area (Å²) in [5.41, 5.74) is 1.33. The number of hydrogen-bond donors (Lipinski definition) is 1. The molecule has 0 bridgehead atoms. The number of H-pyrrole nitrogens is 1. The Labute approximate surface area is 175 Å². The zero-order valence-electron chi connectivity index (χ0n) is 15.9. The maximum absolute atomic E-state index is 12.3. The maximum atomic E-state index is 12.3. The molecule has 8 heteroatoms. The SMILES string of the molecule is C=CCn1c(SCc2nc3ccccc3c(=O)[nH]2)nnc1-c1cc2ccccc2o1. The summed E-state index contributed by atoms with van der Waals surface area (Å²) in [5, 5.41) is 10.9. The molecule has 0 unspecified atom stereocenters. The Morgan fingerprint density at radius 3 is 2.83 bits per heavy atom. The van der Waals surface area contributed by atoms with Gasteiger partial charge in [0.05, 0.1) is 16.7 Å². The lowest BCUT2D eigenvalue weighted by Crippen LogP contribution is -2.11. The minimum atomic E-state index is -0.147. The van der Waals surface area contributed by atoms with Gasteiger partial charge in [0.2, 0.25) is 5.82 Å². The van der Waals surface area contributed by atoms with Gasteiger partial charge in [-0.05, 0) is 24.3 Å². The average Bonchev–Trinajstić information content (AvgIpc) is 3.36. The van der Waals surface area contributed by atoms with Crippen molar-refractivity contribution < 1.29 is 4.42 Å². The smallest absolute Gasteiger partial charge is 0.258 e. The summed E-state index contributed by atoms with van der Waals surface area (Å²) >= 11 is 1.45. The summed E-state index contributed by atoms with van der Waals surface area (Å²) < 4.78 is 7.89. The molecule has 0 spiro atoms. The van der Waals surface area contributed by atoms with E-state index in [0.717, 1.165) is 11.0 Å². The number of rotatable bonds is 6. The number of aromatic amines is 1. The van der Waals surface area contributed by atoms with Gasteiger partial charge < -0.3 is 9.40 Å². The van der Waals surface area contributed by atoms with Gasteiger partial charge in [-0.1, -0.05) is 48.2 Å². The number of benzene rings is 2. The monoisotopic (exact) mass is 415 g/mol. The van der Waals surface area contributed by atoms with Gasteiger partial charge in [-0.3, -0.25) is 9.36 Å². The molecule has 0 saturated carbocycles. The van der Waals surface area contributed by atoms with Crippen LogP contribution in [-0.2, 0) is 12.3 Å². The molecule has 5 rings (SSSR count). The number of aromatic nitrogens is 5. The fourth-order valence-electron chi connectivity index (χ4n) is 3.30. The zero-order valence-corrected chi connectivity index (χ0v) is 16.7. The van der Waals surface area contributed by atoms with Crippen LogP contribution in [0.15, 0.2) is 81.6 Å². The van der Waals surface area contributed by atoms with Crippen molar-refractivity contribution in [2.75, 3.05) is 0 Å². The Kier molecular flexibility index (Phi) is 4.68. The van der Waals surface area contributed by atoms with Gasteiger partial charge in [0.25, 0.3) is 5.56 Å². The molecular formula is C22H17N5O2S. The standard InChI is InChI=1S/C22H17N5O2S/c1-2-11-27-20(18-12-14-7-3-6-10-17(14)29-18)25-26-22(27)30-13-19-23-16-9-5-4-8-15(16)21(28)24-19/h2-10,12H,1,11,13H2,(H,23,24,28). The molecule has 7 nitrogen and oxygen atoms in total. The molecule has 0 amide bonds. The second kappa shape index (κ2) is 7.64. The van der Waals surface area contributed by atoms with E-state index in [9.17, 15) is 4.79 Å². The van der Waals surface area contributed by atoms with Crippen molar-refractivity contribution in [3.8, 4) is 11.6 Å². The topological polar surface area (TPSA) is 89.6 Å². The van der Waals surface area contributed by atoms with E-state index in [1.807, 2.05) is 53.1 Å². The van der Waals surface area contributed by atoms with E-state index in [0.29, 0.717) is 45.8 Å². The van der Waals surface area contributed by atoms with Crippen LogP contribution in [0.3, 0.4) is 0 Å². The predicted molar refractivity (Wildman–Crippen MR) is 117 cm³/mol. The first kappa shape index (κ1) is 18.4. The zero-order chi connectivity index (χ0) is 20.5. The first-order chi connectivity index (χ1) is 14.7. The molecule has 30 heavy (non-hydrogen) atoms. The van der Waals surface area contributed by atoms with Crippen LogP contribution < -0.4 is 5.56 Å². The van der Waals surface area contributed by atoms with E-state index in [1.165, 1.54) is 11.8 Å². The van der Waals surface area contributed by atoms with Gasteiger partial charge >= 0.3 is 0 Å². The number of nitrogens with zero attached hydrogens (tertiary/aromatic N) is 4. The molecular weight excluding hydrogens is 398 g/mol. The third-order valence-corrected chi connectivity index (χ3v) is 5.65. The number of para-hydroxylation sites is 2. The van der Waals surface area contributed by atoms with Gasteiger partial charge in [0.15, 0.2) is 10.9 Å². The highest BCUT2D eigenvalue weighted by atomic mass is 32.2. The van der Waals surface area contributed by atoms with Crippen molar-refractivity contribution in [3.63, 3.8) is 0 Å². The number of thioether (sulfide) groups is 1. The summed E-state index contributed by atoms with van der Waals surface area (Å²) in [6, 6.07) is 17.1. The van der Waals surface area contributed by atoms with Gasteiger partial charge in [0, 0.05) is 11.9 Å². The van der Waals surface area contributed by atoms with Crippen molar-refractivity contribution in [3.05, 3.63) is 83.4 Å². The van der Waals surface area contributed by atoms with Crippen LogP contribution in [-0.4, -0.2) is 24.7 Å². The number of furan rings is 1. The van der Waals surface area contributed by atoms with E-state index in [-0.39, 0.29) is 5.56 Å². The Bertz CT molecular complexity index is 1400. The maximum Gasteiger partial charge on any atom is 0.258 e. The van der Waals surface area contributed by atoms with E-state index in [2.05, 4.69) is 26.7 Å². The first-order valence-corrected chi connectivity index (χ1v) is 10.4. The summed E-state index contributed by atoms with van der Waals surface area (Å²) in [7, 11) is 0. The molecule has 0 saturated heterocycles. The molecule has 2 aromatic carbocycles. The van der Waals surface area contributed by atoms with Crippen LogP contribution in [0.4, 0.5) is 0 Å². The summed E-state index contributed by atoms with van der Waals surface area (Å²) in [5.74, 6) is 2.32. The molecule has 0 atom stereocenters. The van der Waals surface area contributed by atoms with Crippen LogP contribution >= 0.6 is 11.8 Å².